The molecule has 1 aliphatic rings. The maximum Gasteiger partial charge on any atom is 0.363 e. The van der Waals surface area contributed by atoms with E-state index in [1.54, 1.807) is 6.08 Å². The number of carbonyl (C=O) groups excluding carboxylic acids is 1. The molecule has 0 spiro atoms. The summed E-state index contributed by atoms with van der Waals surface area (Å²) in [5, 5.41) is 0. The maximum atomic E-state index is 12.3. The van der Waals surface area contributed by atoms with Gasteiger partial charge in [-0.3, -0.25) is 0 Å². The number of aliphatic imine (C=N–C) groups is 1. The average Bonchev–Trinajstić information content (AvgIpc) is 3.13. The van der Waals surface area contributed by atoms with Crippen molar-refractivity contribution in [1.29, 1.82) is 0 Å². The van der Waals surface area contributed by atoms with E-state index in [1.807, 2.05) is 78.9 Å². The smallest absolute Gasteiger partial charge is 0.363 e. The van der Waals surface area contributed by atoms with Gasteiger partial charge in [0.25, 0.3) is 0 Å². The van der Waals surface area contributed by atoms with Crippen molar-refractivity contribution < 1.29 is 14.3 Å². The lowest BCUT2D eigenvalue weighted by Crippen LogP contribution is -2.05. The molecule has 3 aromatic carbocycles. The van der Waals surface area contributed by atoms with Gasteiger partial charge in [0.1, 0.15) is 12.4 Å². The Bertz CT molecular complexity index is 1100. The topological polar surface area (TPSA) is 47.9 Å². The highest BCUT2D eigenvalue weighted by molar-refractivity contribution is 6.12. The second kappa shape index (κ2) is 8.78. The molecule has 1 heterocycles. The van der Waals surface area contributed by atoms with Gasteiger partial charge >= 0.3 is 5.97 Å². The molecule has 30 heavy (non-hydrogen) atoms. The minimum absolute atomic E-state index is 0.276. The van der Waals surface area contributed by atoms with E-state index in [-0.39, 0.29) is 5.70 Å². The van der Waals surface area contributed by atoms with Crippen LogP contribution in [0.3, 0.4) is 0 Å². The van der Waals surface area contributed by atoms with E-state index in [1.165, 1.54) is 5.56 Å². The van der Waals surface area contributed by atoms with E-state index in [2.05, 4.69) is 18.8 Å². The Labute approximate surface area is 176 Å². The third-order valence-corrected chi connectivity index (χ3v) is 4.85. The zero-order valence-electron chi connectivity index (χ0n) is 17.0. The predicted molar refractivity (Wildman–Crippen MR) is 118 cm³/mol. The quantitative estimate of drug-likeness (QED) is 0.394. The van der Waals surface area contributed by atoms with Crippen molar-refractivity contribution in [2.24, 2.45) is 4.99 Å². The molecule has 0 N–H and O–H groups in total. The van der Waals surface area contributed by atoms with Gasteiger partial charge < -0.3 is 9.47 Å². The highest BCUT2D eigenvalue weighted by Crippen LogP contribution is 2.23. The lowest BCUT2D eigenvalue weighted by molar-refractivity contribution is -0.129. The first-order chi connectivity index (χ1) is 14.6. The third kappa shape index (κ3) is 4.66. The van der Waals surface area contributed by atoms with Gasteiger partial charge in [0.05, 0.1) is 0 Å². The number of cyclic esters (lactones) is 1. The lowest BCUT2D eigenvalue weighted by Gasteiger charge is -2.07. The van der Waals surface area contributed by atoms with E-state index in [0.717, 1.165) is 22.4 Å². The van der Waals surface area contributed by atoms with Crippen molar-refractivity contribution in [3.63, 3.8) is 0 Å². The Kier molecular flexibility index (Phi) is 5.75. The normalized spacial score (nSPS) is 14.7. The van der Waals surface area contributed by atoms with E-state index in [0.29, 0.717) is 18.4 Å². The van der Waals surface area contributed by atoms with Crippen LogP contribution in [0.25, 0.3) is 6.08 Å². The monoisotopic (exact) mass is 397 g/mol. The van der Waals surface area contributed by atoms with Crippen molar-refractivity contribution in [1.82, 2.24) is 0 Å². The van der Waals surface area contributed by atoms with Crippen LogP contribution in [0.1, 0.15) is 42.0 Å². The fourth-order valence-corrected chi connectivity index (χ4v) is 3.14. The Hall–Kier alpha value is -3.66. The summed E-state index contributed by atoms with van der Waals surface area (Å²) in [6.45, 7) is 4.76. The maximum absolute atomic E-state index is 12.3. The van der Waals surface area contributed by atoms with Gasteiger partial charge in [0.15, 0.2) is 5.70 Å². The van der Waals surface area contributed by atoms with Gasteiger partial charge in [-0.2, -0.15) is 0 Å². The van der Waals surface area contributed by atoms with Crippen molar-refractivity contribution in [2.45, 2.75) is 26.4 Å². The van der Waals surface area contributed by atoms with Crippen molar-refractivity contribution >= 4 is 17.9 Å². The highest BCUT2D eigenvalue weighted by Gasteiger charge is 2.24. The fraction of sp³-hybridized carbons (Fsp3) is 0.154. The second-order valence-electron chi connectivity index (χ2n) is 7.46. The largest absolute Gasteiger partial charge is 0.489 e. The van der Waals surface area contributed by atoms with Crippen molar-refractivity contribution in [3.8, 4) is 5.75 Å². The first kappa shape index (κ1) is 19.6. The Morgan fingerprint density at radius 1 is 0.967 bits per heavy atom. The molecule has 0 aliphatic carbocycles. The van der Waals surface area contributed by atoms with Crippen LogP contribution in [-0.4, -0.2) is 11.9 Å². The van der Waals surface area contributed by atoms with E-state index >= 15 is 0 Å². The predicted octanol–water partition coefficient (Wildman–Crippen LogP) is 5.73. The second-order valence-corrected chi connectivity index (χ2v) is 7.46. The minimum Gasteiger partial charge on any atom is -0.489 e. The number of carbonyl (C=O) groups is 1. The summed E-state index contributed by atoms with van der Waals surface area (Å²) in [5.41, 5.74) is 4.21. The molecule has 4 heteroatoms. The molecular weight excluding hydrogens is 374 g/mol. The summed E-state index contributed by atoms with van der Waals surface area (Å²) in [7, 11) is 0. The number of esters is 1. The Morgan fingerprint density at radius 3 is 2.47 bits per heavy atom. The van der Waals surface area contributed by atoms with Gasteiger partial charge in [-0.1, -0.05) is 68.4 Å². The first-order valence-corrected chi connectivity index (χ1v) is 9.98. The molecule has 0 fully saturated rings. The molecule has 0 amide bonds. The van der Waals surface area contributed by atoms with E-state index in [4.69, 9.17) is 9.47 Å². The molecule has 0 bridgehead atoms. The van der Waals surface area contributed by atoms with Gasteiger partial charge in [-0.05, 0) is 52.9 Å². The van der Waals surface area contributed by atoms with E-state index < -0.39 is 5.97 Å². The Morgan fingerprint density at radius 2 is 1.73 bits per heavy atom. The third-order valence-electron chi connectivity index (χ3n) is 4.85. The zero-order chi connectivity index (χ0) is 20.9. The van der Waals surface area contributed by atoms with Crippen LogP contribution in [0.15, 0.2) is 89.6 Å². The van der Waals surface area contributed by atoms with Gasteiger partial charge in [0, 0.05) is 5.56 Å². The van der Waals surface area contributed by atoms with Gasteiger partial charge in [-0.15, -0.1) is 0 Å². The first-order valence-electron chi connectivity index (χ1n) is 9.98. The number of hydrogen-bond acceptors (Lipinski definition) is 4. The van der Waals surface area contributed by atoms with Crippen LogP contribution >= 0.6 is 0 Å². The lowest BCUT2D eigenvalue weighted by atomic mass is 10.0. The molecule has 1 aliphatic heterocycles. The Balaban J connectivity index is 1.50. The molecule has 0 aromatic heterocycles. The number of benzene rings is 3. The van der Waals surface area contributed by atoms with Crippen LogP contribution in [0.4, 0.5) is 0 Å². The molecule has 4 rings (SSSR count). The fourth-order valence-electron chi connectivity index (χ4n) is 3.14. The number of nitrogens with zero attached hydrogens (tertiary/aromatic N) is 1. The molecule has 0 saturated carbocycles. The minimum atomic E-state index is -0.450. The summed E-state index contributed by atoms with van der Waals surface area (Å²) < 4.78 is 11.2. The molecule has 0 saturated heterocycles. The van der Waals surface area contributed by atoms with Gasteiger partial charge in [-0.25, -0.2) is 9.79 Å². The summed E-state index contributed by atoms with van der Waals surface area (Å²) in [6.07, 6.45) is 1.72. The highest BCUT2D eigenvalue weighted by atomic mass is 16.6. The number of rotatable bonds is 6. The average molecular weight is 397 g/mol. The number of ether oxygens (including phenoxy) is 2. The molecule has 0 unspecified atom stereocenters. The van der Waals surface area contributed by atoms with Gasteiger partial charge in [0.2, 0.25) is 5.90 Å². The zero-order valence-corrected chi connectivity index (χ0v) is 17.0. The van der Waals surface area contributed by atoms with E-state index in [9.17, 15) is 4.79 Å². The van der Waals surface area contributed by atoms with Crippen molar-refractivity contribution in [2.75, 3.05) is 0 Å². The van der Waals surface area contributed by atoms with Crippen LogP contribution in [0, 0.1) is 0 Å². The molecule has 3 aromatic rings. The molecule has 4 nitrogen and oxygen atoms in total. The van der Waals surface area contributed by atoms with Crippen molar-refractivity contribution in [3.05, 3.63) is 107 Å². The summed E-state index contributed by atoms with van der Waals surface area (Å²) in [6, 6.07) is 25.5. The summed E-state index contributed by atoms with van der Waals surface area (Å²) in [4.78, 5) is 16.7. The molecule has 0 radical (unpaired) electrons. The molecule has 0 atom stereocenters. The summed E-state index contributed by atoms with van der Waals surface area (Å²) >= 11 is 0. The van der Waals surface area contributed by atoms with Crippen LogP contribution in [0.5, 0.6) is 5.75 Å². The standard InChI is InChI=1S/C26H23NO3/c1-18(2)21-11-13-22(14-12-21)25-27-24(26(28)30-25)16-20-9-6-10-23(15-20)29-17-19-7-4-3-5-8-19/h3-16,18H,17H2,1-2H3/b24-16-. The number of hydrogen-bond donors (Lipinski definition) is 0. The van der Waals surface area contributed by atoms with Crippen LogP contribution < -0.4 is 4.74 Å². The van der Waals surface area contributed by atoms with Crippen LogP contribution in [-0.2, 0) is 16.1 Å². The molecular formula is C26H23NO3. The van der Waals surface area contributed by atoms with Crippen LogP contribution in [0.2, 0.25) is 0 Å². The molecule has 150 valence electrons. The SMILES string of the molecule is CC(C)c1ccc(C2=N/C(=C\c3cccc(OCc4ccccc4)c3)C(=O)O2)cc1. The summed E-state index contributed by atoms with van der Waals surface area (Å²) in [5.74, 6) is 1.05.